The van der Waals surface area contributed by atoms with Crippen molar-refractivity contribution >= 4 is 50.3 Å². The number of fused-ring (bicyclic) bond motifs is 1. The number of thiazole rings is 2. The van der Waals surface area contributed by atoms with Gasteiger partial charge in [0.15, 0.2) is 5.71 Å². The van der Waals surface area contributed by atoms with Crippen molar-refractivity contribution in [1.82, 2.24) is 15.3 Å². The predicted molar refractivity (Wildman–Crippen MR) is 137 cm³/mol. The number of hydrogen-bond acceptors (Lipinski definition) is 9. The quantitative estimate of drug-likeness (QED) is 0.415. The second kappa shape index (κ2) is 8.90. The molecule has 4 aromatic rings. The molecule has 0 saturated heterocycles. The van der Waals surface area contributed by atoms with E-state index in [1.54, 1.807) is 11.3 Å². The summed E-state index contributed by atoms with van der Waals surface area (Å²) in [6.45, 7) is 1.73. The van der Waals surface area contributed by atoms with Crippen LogP contribution in [0.25, 0.3) is 11.3 Å². The first-order chi connectivity index (χ1) is 16.8. The van der Waals surface area contributed by atoms with Crippen LogP contribution in [0.2, 0.25) is 0 Å². The second-order valence-electron chi connectivity index (χ2n) is 7.70. The average molecular weight is 486 g/mol. The fraction of sp³-hybridized carbons (Fsp3) is 0.125. The van der Waals surface area contributed by atoms with Crippen LogP contribution in [0.4, 0.5) is 10.3 Å². The number of nitrogens with one attached hydrogen (secondary N) is 2. The Morgan fingerprint density at radius 2 is 1.76 bits per heavy atom. The lowest BCUT2D eigenvalue weighted by Gasteiger charge is -2.09. The maximum atomic E-state index is 13.4. The van der Waals surface area contributed by atoms with Gasteiger partial charge in [0, 0.05) is 40.9 Å². The van der Waals surface area contributed by atoms with Gasteiger partial charge in [0.25, 0.3) is 0 Å². The summed E-state index contributed by atoms with van der Waals surface area (Å²) in [5.41, 5.74) is 7.41. The fourth-order valence-corrected chi connectivity index (χ4v) is 5.50. The van der Waals surface area contributed by atoms with E-state index in [-0.39, 0.29) is 11.6 Å². The number of aromatic nitrogens is 2. The third kappa shape index (κ3) is 3.92. The first-order valence-corrected chi connectivity index (χ1v) is 12.5. The van der Waals surface area contributed by atoms with Crippen LogP contribution in [0.1, 0.15) is 16.1 Å². The summed E-state index contributed by atoms with van der Waals surface area (Å²) in [6, 6.07) is 19.4. The van der Waals surface area contributed by atoms with Gasteiger partial charge >= 0.3 is 5.91 Å². The second-order valence-corrected chi connectivity index (χ2v) is 9.62. The van der Waals surface area contributed by atoms with E-state index in [4.69, 9.17) is 0 Å². The highest BCUT2D eigenvalue weighted by Crippen LogP contribution is 2.30. The summed E-state index contributed by atoms with van der Waals surface area (Å²) < 4.78 is 0. The van der Waals surface area contributed by atoms with Gasteiger partial charge in [0.05, 0.1) is 11.4 Å². The zero-order chi connectivity index (χ0) is 22.9. The first kappa shape index (κ1) is 20.8. The standard InChI is InChI=1S/C24H19N7OS2/c32-22-21(28-29-23-26-17-11-12-25-13-19(17)34-23)20(16-9-5-2-6-10-16)30-31(22)24-27-18(14-33-24)15-7-3-1-4-8-15/h1-10,14,25H,11-13H2,(H,26,29)/b28-21-. The van der Waals surface area contributed by atoms with Gasteiger partial charge in [-0.05, 0) is 0 Å². The summed E-state index contributed by atoms with van der Waals surface area (Å²) in [5, 5.41) is 16.9. The van der Waals surface area contributed by atoms with E-state index in [0.717, 1.165) is 42.0 Å². The third-order valence-corrected chi connectivity index (χ3v) is 7.29. The normalized spacial score (nSPS) is 16.6. The number of carbonyl (C=O) groups excluding carboxylic acids is 1. The van der Waals surface area contributed by atoms with Gasteiger partial charge in [0.1, 0.15) is 5.71 Å². The van der Waals surface area contributed by atoms with Crippen LogP contribution < -0.4 is 15.8 Å². The lowest BCUT2D eigenvalue weighted by Crippen LogP contribution is -2.28. The fourth-order valence-electron chi connectivity index (χ4n) is 3.80. The van der Waals surface area contributed by atoms with Crippen LogP contribution in [0.15, 0.2) is 76.2 Å². The molecule has 4 heterocycles. The maximum Gasteiger partial charge on any atom is 0.303 e. The lowest BCUT2D eigenvalue weighted by atomic mass is 10.1. The number of rotatable bonds is 5. The van der Waals surface area contributed by atoms with Gasteiger partial charge in [-0.25, -0.2) is 9.97 Å². The summed E-state index contributed by atoms with van der Waals surface area (Å²) in [6.07, 6.45) is 0.890. The Morgan fingerprint density at radius 3 is 2.53 bits per heavy atom. The lowest BCUT2D eigenvalue weighted by molar-refractivity contribution is -0.112. The molecule has 2 aliphatic rings. The average Bonchev–Trinajstić information content (AvgIpc) is 3.61. The summed E-state index contributed by atoms with van der Waals surface area (Å²) >= 11 is 2.92. The number of nitrogens with zero attached hydrogens (tertiary/aromatic N) is 5. The van der Waals surface area contributed by atoms with Gasteiger partial charge < -0.3 is 5.32 Å². The highest BCUT2D eigenvalue weighted by atomic mass is 32.1. The molecule has 0 unspecified atom stereocenters. The van der Waals surface area contributed by atoms with E-state index >= 15 is 0 Å². The zero-order valence-electron chi connectivity index (χ0n) is 17.9. The molecule has 0 aliphatic carbocycles. The topological polar surface area (TPSA) is 94.9 Å². The Bertz CT molecular complexity index is 1390. The van der Waals surface area contributed by atoms with Crippen LogP contribution in [0, 0.1) is 0 Å². The summed E-state index contributed by atoms with van der Waals surface area (Å²) in [4.78, 5) is 23.9. The van der Waals surface area contributed by atoms with Gasteiger partial charge in [-0.3, -0.25) is 10.2 Å². The van der Waals surface area contributed by atoms with Crippen LogP contribution >= 0.6 is 22.7 Å². The van der Waals surface area contributed by atoms with E-state index < -0.39 is 0 Å². The summed E-state index contributed by atoms with van der Waals surface area (Å²) in [7, 11) is 0. The molecule has 10 heteroatoms. The predicted octanol–water partition coefficient (Wildman–Crippen LogP) is 4.13. The molecule has 1 amide bonds. The molecule has 6 rings (SSSR count). The molecule has 2 aromatic carbocycles. The molecule has 0 saturated carbocycles. The SMILES string of the molecule is O=C1/C(=N\Nc2nc3c(s2)CNCC3)C(c2ccccc2)=NN1c1nc(-c2ccccc2)cs1. The molecule has 2 aliphatic heterocycles. The van der Waals surface area contributed by atoms with Crippen LogP contribution in [0.5, 0.6) is 0 Å². The largest absolute Gasteiger partial charge is 0.311 e. The zero-order valence-corrected chi connectivity index (χ0v) is 19.6. The molecule has 0 fully saturated rings. The minimum Gasteiger partial charge on any atom is -0.311 e. The van der Waals surface area contributed by atoms with Crippen molar-refractivity contribution in [2.45, 2.75) is 13.0 Å². The number of carbonyl (C=O) groups is 1. The van der Waals surface area contributed by atoms with Gasteiger partial charge in [-0.15, -0.1) is 11.3 Å². The molecule has 0 radical (unpaired) electrons. The van der Waals surface area contributed by atoms with E-state index in [1.165, 1.54) is 21.2 Å². The molecule has 0 spiro atoms. The molecule has 34 heavy (non-hydrogen) atoms. The number of hydrogen-bond donors (Lipinski definition) is 2. The highest BCUT2D eigenvalue weighted by molar-refractivity contribution is 7.15. The van der Waals surface area contributed by atoms with Crippen molar-refractivity contribution in [3.8, 4) is 11.3 Å². The highest BCUT2D eigenvalue weighted by Gasteiger charge is 2.36. The van der Waals surface area contributed by atoms with Crippen molar-refractivity contribution in [1.29, 1.82) is 0 Å². The Balaban J connectivity index is 1.33. The molecular formula is C24H19N7OS2. The van der Waals surface area contributed by atoms with Crippen molar-refractivity contribution in [2.75, 3.05) is 17.0 Å². The van der Waals surface area contributed by atoms with Crippen molar-refractivity contribution < 1.29 is 4.79 Å². The van der Waals surface area contributed by atoms with Crippen molar-refractivity contribution in [3.05, 3.63) is 82.2 Å². The Kier molecular flexibility index (Phi) is 5.46. The maximum absolute atomic E-state index is 13.4. The van der Waals surface area contributed by atoms with Crippen LogP contribution in [-0.2, 0) is 17.8 Å². The Morgan fingerprint density at radius 1 is 1.00 bits per heavy atom. The Hall–Kier alpha value is -3.73. The van der Waals surface area contributed by atoms with E-state index in [2.05, 4.69) is 30.9 Å². The number of amides is 1. The van der Waals surface area contributed by atoms with E-state index in [1.807, 2.05) is 66.0 Å². The number of anilines is 2. The van der Waals surface area contributed by atoms with Gasteiger partial charge in [0.2, 0.25) is 10.3 Å². The third-order valence-electron chi connectivity index (χ3n) is 5.48. The van der Waals surface area contributed by atoms with E-state index in [0.29, 0.717) is 16.0 Å². The van der Waals surface area contributed by atoms with Gasteiger partial charge in [-0.1, -0.05) is 72.0 Å². The monoisotopic (exact) mass is 485 g/mol. The Labute approximate surface area is 203 Å². The van der Waals surface area contributed by atoms with Crippen LogP contribution in [-0.4, -0.2) is 33.8 Å². The number of hydrazone groups is 2. The molecule has 0 atom stereocenters. The molecule has 168 valence electrons. The molecule has 2 aromatic heterocycles. The number of benzene rings is 2. The first-order valence-electron chi connectivity index (χ1n) is 10.8. The molecule has 2 N–H and O–H groups in total. The van der Waals surface area contributed by atoms with Crippen LogP contribution in [0.3, 0.4) is 0 Å². The minimum atomic E-state index is -0.330. The van der Waals surface area contributed by atoms with Crippen molar-refractivity contribution in [3.63, 3.8) is 0 Å². The summed E-state index contributed by atoms with van der Waals surface area (Å²) in [5.74, 6) is -0.330. The molecule has 8 nitrogen and oxygen atoms in total. The molecule has 0 bridgehead atoms. The molecular weight excluding hydrogens is 466 g/mol. The van der Waals surface area contributed by atoms with E-state index in [9.17, 15) is 4.79 Å². The minimum absolute atomic E-state index is 0.231. The van der Waals surface area contributed by atoms with Crippen molar-refractivity contribution in [2.24, 2.45) is 10.2 Å². The smallest absolute Gasteiger partial charge is 0.303 e. The van der Waals surface area contributed by atoms with Gasteiger partial charge in [-0.2, -0.15) is 15.2 Å².